The summed E-state index contributed by atoms with van der Waals surface area (Å²) in [4.78, 5) is 25.0. The maximum absolute atomic E-state index is 12.7. The first-order valence-electron chi connectivity index (χ1n) is 10.8. The lowest BCUT2D eigenvalue weighted by Gasteiger charge is -2.14. The summed E-state index contributed by atoms with van der Waals surface area (Å²) in [5, 5.41) is 3.60. The first-order chi connectivity index (χ1) is 16.6. The SMILES string of the molecule is O=C(Cn1ccc2ccccc21)NNC(=S)NC(=O)c1ccccc1OCCc1ccccc1. The second-order valence-electron chi connectivity index (χ2n) is 7.54. The molecule has 0 radical (unpaired) electrons. The number of aromatic nitrogens is 1. The second-order valence-corrected chi connectivity index (χ2v) is 7.95. The van der Waals surface area contributed by atoms with E-state index in [1.807, 2.05) is 71.4 Å². The van der Waals surface area contributed by atoms with Gasteiger partial charge >= 0.3 is 0 Å². The topological polar surface area (TPSA) is 84.4 Å². The number of nitrogens with one attached hydrogen (secondary N) is 3. The highest BCUT2D eigenvalue weighted by Crippen LogP contribution is 2.18. The Morgan fingerprint density at radius 2 is 1.59 bits per heavy atom. The summed E-state index contributed by atoms with van der Waals surface area (Å²) >= 11 is 5.16. The van der Waals surface area contributed by atoms with Gasteiger partial charge in [-0.3, -0.25) is 25.8 Å². The van der Waals surface area contributed by atoms with Gasteiger partial charge in [-0.15, -0.1) is 0 Å². The number of fused-ring (bicyclic) bond motifs is 1. The number of benzene rings is 3. The van der Waals surface area contributed by atoms with Gasteiger partial charge in [0, 0.05) is 18.1 Å². The van der Waals surface area contributed by atoms with Crippen LogP contribution in [0.3, 0.4) is 0 Å². The average Bonchev–Trinajstić information content (AvgIpc) is 3.26. The molecule has 0 bridgehead atoms. The third-order valence-electron chi connectivity index (χ3n) is 5.16. The zero-order valence-corrected chi connectivity index (χ0v) is 19.2. The van der Waals surface area contributed by atoms with E-state index in [2.05, 4.69) is 16.2 Å². The predicted octanol–water partition coefficient (Wildman–Crippen LogP) is 3.60. The molecule has 4 rings (SSSR count). The van der Waals surface area contributed by atoms with E-state index in [1.165, 1.54) is 0 Å². The van der Waals surface area contributed by atoms with Crippen molar-refractivity contribution in [2.45, 2.75) is 13.0 Å². The summed E-state index contributed by atoms with van der Waals surface area (Å²) in [6.45, 7) is 0.538. The van der Waals surface area contributed by atoms with Crippen molar-refractivity contribution in [3.63, 3.8) is 0 Å². The number of hydrogen-bond donors (Lipinski definition) is 3. The highest BCUT2D eigenvalue weighted by atomic mass is 32.1. The summed E-state index contributed by atoms with van der Waals surface area (Å²) in [6.07, 6.45) is 2.57. The monoisotopic (exact) mass is 472 g/mol. The maximum Gasteiger partial charge on any atom is 0.261 e. The van der Waals surface area contributed by atoms with Crippen molar-refractivity contribution >= 4 is 40.0 Å². The average molecular weight is 473 g/mol. The van der Waals surface area contributed by atoms with E-state index in [0.717, 1.165) is 22.9 Å². The van der Waals surface area contributed by atoms with Gasteiger partial charge in [0.2, 0.25) is 0 Å². The van der Waals surface area contributed by atoms with Crippen molar-refractivity contribution in [3.8, 4) is 5.75 Å². The van der Waals surface area contributed by atoms with Crippen LogP contribution in [0.25, 0.3) is 10.9 Å². The van der Waals surface area contributed by atoms with E-state index < -0.39 is 5.91 Å². The van der Waals surface area contributed by atoms with E-state index in [1.54, 1.807) is 24.3 Å². The van der Waals surface area contributed by atoms with Crippen LogP contribution in [0.15, 0.2) is 91.1 Å². The van der Waals surface area contributed by atoms with Crippen molar-refractivity contribution < 1.29 is 14.3 Å². The lowest BCUT2D eigenvalue weighted by atomic mass is 10.1. The minimum atomic E-state index is -0.432. The molecule has 0 unspecified atom stereocenters. The molecule has 0 aliphatic heterocycles. The number of nitrogens with zero attached hydrogens (tertiary/aromatic N) is 1. The van der Waals surface area contributed by atoms with Gasteiger partial charge in [0.25, 0.3) is 11.8 Å². The quantitative estimate of drug-likeness (QED) is 0.283. The van der Waals surface area contributed by atoms with E-state index in [4.69, 9.17) is 17.0 Å². The molecule has 3 N–H and O–H groups in total. The van der Waals surface area contributed by atoms with Gasteiger partial charge in [-0.25, -0.2) is 0 Å². The number of carbonyl (C=O) groups excluding carboxylic acids is 2. The number of para-hydroxylation sites is 2. The smallest absolute Gasteiger partial charge is 0.261 e. The number of ether oxygens (including phenoxy) is 1. The van der Waals surface area contributed by atoms with Gasteiger partial charge in [0.1, 0.15) is 12.3 Å². The van der Waals surface area contributed by atoms with Crippen molar-refractivity contribution in [1.29, 1.82) is 0 Å². The van der Waals surface area contributed by atoms with Gasteiger partial charge in [0.05, 0.1) is 12.2 Å². The van der Waals surface area contributed by atoms with Crippen LogP contribution >= 0.6 is 12.2 Å². The molecule has 34 heavy (non-hydrogen) atoms. The molecule has 0 saturated carbocycles. The Hall–Kier alpha value is -4.17. The Balaban J connectivity index is 1.27. The fraction of sp³-hybridized carbons (Fsp3) is 0.115. The van der Waals surface area contributed by atoms with Crippen molar-refractivity contribution in [2.24, 2.45) is 0 Å². The second kappa shape index (κ2) is 11.1. The van der Waals surface area contributed by atoms with Crippen molar-refractivity contribution in [2.75, 3.05) is 6.61 Å². The molecule has 0 aliphatic rings. The number of thiocarbonyl (C=S) groups is 1. The van der Waals surface area contributed by atoms with E-state index in [0.29, 0.717) is 17.9 Å². The highest BCUT2D eigenvalue weighted by molar-refractivity contribution is 7.80. The molecule has 0 atom stereocenters. The molecule has 1 heterocycles. The highest BCUT2D eigenvalue weighted by Gasteiger charge is 2.14. The Morgan fingerprint density at radius 1 is 0.853 bits per heavy atom. The van der Waals surface area contributed by atoms with E-state index >= 15 is 0 Å². The first kappa shape index (κ1) is 23.0. The molecule has 172 valence electrons. The molecule has 2 amide bonds. The Labute approximate surface area is 202 Å². The fourth-order valence-electron chi connectivity index (χ4n) is 3.50. The first-order valence-corrected chi connectivity index (χ1v) is 11.2. The number of amides is 2. The Morgan fingerprint density at radius 3 is 2.44 bits per heavy atom. The molecule has 8 heteroatoms. The van der Waals surface area contributed by atoms with Crippen molar-refractivity contribution in [1.82, 2.24) is 20.7 Å². The zero-order valence-electron chi connectivity index (χ0n) is 18.4. The predicted molar refractivity (Wildman–Crippen MR) is 135 cm³/mol. The lowest BCUT2D eigenvalue weighted by Crippen LogP contribution is -2.49. The molecule has 1 aromatic heterocycles. The van der Waals surface area contributed by atoms with Crippen molar-refractivity contribution in [3.05, 3.63) is 102 Å². The number of hydrogen-bond acceptors (Lipinski definition) is 4. The number of carbonyl (C=O) groups is 2. The standard InChI is InChI=1S/C26H24N4O3S/c31-24(18-30-16-14-20-10-4-6-12-22(20)30)28-29-26(34)27-25(32)21-11-5-7-13-23(21)33-17-15-19-8-2-1-3-9-19/h1-14,16H,15,17-18H2,(H,28,31)(H2,27,29,32,34). The summed E-state index contributed by atoms with van der Waals surface area (Å²) in [5.74, 6) is -0.275. The summed E-state index contributed by atoms with van der Waals surface area (Å²) < 4.78 is 7.67. The minimum Gasteiger partial charge on any atom is -0.492 e. The van der Waals surface area contributed by atoms with E-state index in [9.17, 15) is 9.59 Å². The van der Waals surface area contributed by atoms with Crippen LogP contribution in [-0.4, -0.2) is 28.1 Å². The summed E-state index contributed by atoms with van der Waals surface area (Å²) in [6, 6.07) is 26.7. The van der Waals surface area contributed by atoms with Crippen LogP contribution in [-0.2, 0) is 17.8 Å². The van der Waals surface area contributed by atoms with Crippen LogP contribution in [0.4, 0.5) is 0 Å². The minimum absolute atomic E-state index is 0.0187. The third-order valence-corrected chi connectivity index (χ3v) is 5.36. The van der Waals surface area contributed by atoms with Gasteiger partial charge in [-0.2, -0.15) is 0 Å². The van der Waals surface area contributed by atoms with Gasteiger partial charge in [0.15, 0.2) is 5.11 Å². The third kappa shape index (κ3) is 5.99. The summed E-state index contributed by atoms with van der Waals surface area (Å²) in [7, 11) is 0. The molecule has 3 aromatic carbocycles. The molecule has 0 fully saturated rings. The van der Waals surface area contributed by atoms with Crippen LogP contribution in [0.5, 0.6) is 5.75 Å². The van der Waals surface area contributed by atoms with E-state index in [-0.39, 0.29) is 17.6 Å². The molecular formula is C26H24N4O3S. The Bertz CT molecular complexity index is 1300. The molecule has 0 spiro atoms. The number of rotatable bonds is 7. The van der Waals surface area contributed by atoms with Crippen LogP contribution in [0, 0.1) is 0 Å². The molecule has 4 aromatic rings. The van der Waals surface area contributed by atoms with Crippen LogP contribution < -0.4 is 20.9 Å². The van der Waals surface area contributed by atoms with Gasteiger partial charge in [-0.1, -0.05) is 60.7 Å². The Kier molecular flexibility index (Phi) is 7.52. The lowest BCUT2D eigenvalue weighted by molar-refractivity contribution is -0.122. The normalized spacial score (nSPS) is 10.5. The number of hydrazine groups is 1. The fourth-order valence-corrected chi connectivity index (χ4v) is 3.65. The van der Waals surface area contributed by atoms with Crippen LogP contribution in [0.1, 0.15) is 15.9 Å². The van der Waals surface area contributed by atoms with Gasteiger partial charge < -0.3 is 9.30 Å². The maximum atomic E-state index is 12.7. The molecule has 0 aliphatic carbocycles. The molecular weight excluding hydrogens is 448 g/mol. The molecule has 0 saturated heterocycles. The van der Waals surface area contributed by atoms with Crippen LogP contribution in [0.2, 0.25) is 0 Å². The summed E-state index contributed by atoms with van der Waals surface area (Å²) in [5.41, 5.74) is 7.54. The zero-order chi connectivity index (χ0) is 23.8. The van der Waals surface area contributed by atoms with Gasteiger partial charge in [-0.05, 0) is 47.4 Å². The molecule has 7 nitrogen and oxygen atoms in total. The largest absolute Gasteiger partial charge is 0.492 e.